The number of allylic oxidation sites excluding steroid dienone is 1. The fourth-order valence-electron chi connectivity index (χ4n) is 7.20. The number of hydrogen-bond donors (Lipinski definition) is 0. The summed E-state index contributed by atoms with van der Waals surface area (Å²) in [5.41, 5.74) is -0.0140. The molecular weight excluding hydrogens is 358 g/mol. The molecule has 166 valence electrons. The highest BCUT2D eigenvalue weighted by molar-refractivity contribution is 5.22. The number of rotatable bonds is 4. The van der Waals surface area contributed by atoms with E-state index in [0.29, 0.717) is 6.04 Å². The van der Waals surface area contributed by atoms with Gasteiger partial charge in [0.1, 0.15) is 5.72 Å². The lowest BCUT2D eigenvalue weighted by Gasteiger charge is -2.45. The van der Waals surface area contributed by atoms with Gasteiger partial charge in [-0.05, 0) is 64.1 Å². The summed E-state index contributed by atoms with van der Waals surface area (Å²) in [7, 11) is 11.6. The molecule has 0 aromatic carbocycles. The van der Waals surface area contributed by atoms with Crippen LogP contribution in [0.4, 0.5) is 0 Å². The van der Waals surface area contributed by atoms with Crippen LogP contribution >= 0.6 is 0 Å². The molecule has 4 aliphatic rings. The minimum Gasteiger partial charge on any atom is -0.355 e. The van der Waals surface area contributed by atoms with Crippen LogP contribution in [0.2, 0.25) is 0 Å². The predicted molar refractivity (Wildman–Crippen MR) is 121 cm³/mol. The van der Waals surface area contributed by atoms with E-state index in [9.17, 15) is 0 Å². The quantitative estimate of drug-likeness (QED) is 0.521. The third kappa shape index (κ3) is 3.62. The second kappa shape index (κ2) is 7.62. The highest BCUT2D eigenvalue weighted by Gasteiger charge is 2.66. The second-order valence-corrected chi connectivity index (χ2v) is 12.1. The third-order valence-corrected chi connectivity index (χ3v) is 9.28. The van der Waals surface area contributed by atoms with Crippen molar-refractivity contribution in [1.82, 2.24) is 9.80 Å². The lowest BCUT2D eigenvalue weighted by atomic mass is 9.66. The van der Waals surface area contributed by atoms with Gasteiger partial charge in [0.2, 0.25) is 0 Å². The minimum absolute atomic E-state index is 0.166. The molecule has 0 bridgehead atoms. The van der Waals surface area contributed by atoms with Gasteiger partial charge in [0, 0.05) is 36.9 Å². The van der Waals surface area contributed by atoms with E-state index in [1.165, 1.54) is 44.9 Å². The average molecular weight is 405 g/mol. The van der Waals surface area contributed by atoms with Gasteiger partial charge in [0.15, 0.2) is 0 Å². The summed E-state index contributed by atoms with van der Waals surface area (Å²) in [6.45, 7) is 7.00. The van der Waals surface area contributed by atoms with Crippen molar-refractivity contribution in [3.05, 3.63) is 12.2 Å². The monoisotopic (exact) mass is 404 g/mol. The first kappa shape index (κ1) is 21.8. The molecule has 2 heterocycles. The molecule has 2 aliphatic heterocycles. The topological polar surface area (TPSA) is 15.7 Å². The summed E-state index contributed by atoms with van der Waals surface area (Å²) in [4.78, 5) is 5.18. The van der Waals surface area contributed by atoms with Gasteiger partial charge in [-0.2, -0.15) is 0 Å². The average Bonchev–Trinajstić information content (AvgIpc) is 3.17. The number of ether oxygens (including phenoxy) is 1. The smallest absolute Gasteiger partial charge is 0.146 e. The third-order valence-electron chi connectivity index (χ3n) is 9.28. The Morgan fingerprint density at radius 2 is 1.69 bits per heavy atom. The molecule has 4 heteroatoms. The summed E-state index contributed by atoms with van der Waals surface area (Å²) in [5.74, 6) is 1.46. The number of nitrogens with zero attached hydrogens (tertiary/aromatic N) is 3. The normalized spacial score (nSPS) is 43.1. The Hall–Kier alpha value is -0.420. The van der Waals surface area contributed by atoms with Gasteiger partial charge in [0.05, 0.1) is 33.8 Å². The molecule has 4 atom stereocenters. The summed E-state index contributed by atoms with van der Waals surface area (Å²) in [6, 6.07) is 2.25. The van der Waals surface area contributed by atoms with Gasteiger partial charge in [-0.25, -0.2) is 0 Å². The summed E-state index contributed by atoms with van der Waals surface area (Å²) >= 11 is 0. The zero-order chi connectivity index (χ0) is 21.0. The van der Waals surface area contributed by atoms with E-state index >= 15 is 0 Å². The first-order chi connectivity index (χ1) is 13.6. The Labute approximate surface area is 179 Å². The van der Waals surface area contributed by atoms with E-state index in [0.717, 1.165) is 41.6 Å². The van der Waals surface area contributed by atoms with Crippen LogP contribution in [-0.2, 0) is 4.74 Å². The maximum Gasteiger partial charge on any atom is 0.146 e. The lowest BCUT2D eigenvalue weighted by molar-refractivity contribution is -0.898. The summed E-state index contributed by atoms with van der Waals surface area (Å²) in [6.07, 6.45) is 14.4. The Kier molecular flexibility index (Phi) is 5.72. The molecule has 2 saturated heterocycles. The van der Waals surface area contributed by atoms with Gasteiger partial charge >= 0.3 is 0 Å². The molecule has 4 rings (SSSR count). The zero-order valence-corrected chi connectivity index (χ0v) is 20.2. The molecule has 0 aromatic rings. The molecule has 4 fully saturated rings. The fraction of sp³-hybridized carbons (Fsp3) is 0.920. The van der Waals surface area contributed by atoms with Crippen molar-refractivity contribution in [2.24, 2.45) is 17.3 Å². The highest BCUT2D eigenvalue weighted by atomic mass is 16.5. The number of quaternary nitrogens is 1. The van der Waals surface area contributed by atoms with Crippen LogP contribution in [0.5, 0.6) is 0 Å². The molecule has 0 radical (unpaired) electrons. The highest BCUT2D eigenvalue weighted by Crippen LogP contribution is 2.60. The van der Waals surface area contributed by atoms with Crippen molar-refractivity contribution in [3.8, 4) is 0 Å². The Morgan fingerprint density at radius 3 is 2.31 bits per heavy atom. The van der Waals surface area contributed by atoms with Crippen LogP contribution in [0.15, 0.2) is 12.2 Å². The molecule has 4 nitrogen and oxygen atoms in total. The van der Waals surface area contributed by atoms with E-state index in [1.54, 1.807) is 0 Å². The molecule has 2 aliphatic carbocycles. The van der Waals surface area contributed by atoms with Crippen molar-refractivity contribution in [1.29, 1.82) is 0 Å². The molecular formula is C25H46N3O+. The van der Waals surface area contributed by atoms with Crippen molar-refractivity contribution >= 4 is 0 Å². The maximum absolute atomic E-state index is 6.67. The Bertz CT molecular complexity index is 614. The summed E-state index contributed by atoms with van der Waals surface area (Å²) < 4.78 is 7.76. The van der Waals surface area contributed by atoms with Crippen molar-refractivity contribution in [2.45, 2.75) is 82.6 Å². The van der Waals surface area contributed by atoms with Crippen LogP contribution in [0, 0.1) is 17.3 Å². The van der Waals surface area contributed by atoms with E-state index in [2.05, 4.69) is 71.0 Å². The summed E-state index contributed by atoms with van der Waals surface area (Å²) in [5, 5.41) is 0. The fourth-order valence-corrected chi connectivity index (χ4v) is 7.20. The molecule has 0 spiro atoms. The standard InChI is InChI=1S/C25H46N3O/c1-24(2)22-18-21(28(5,6)7)12-13-23(22)27-16-17-29-25(24,27)15-14-19-8-10-20(11-9-19)26(3)4/h14-15,19-23H,8-13,16-18H2,1-7H3/q+1/b15-14+. The molecule has 0 N–H and O–H groups in total. The van der Waals surface area contributed by atoms with E-state index in [1.807, 2.05) is 0 Å². The lowest BCUT2D eigenvalue weighted by Crippen LogP contribution is -2.51. The largest absolute Gasteiger partial charge is 0.355 e. The first-order valence-electron chi connectivity index (χ1n) is 12.1. The Morgan fingerprint density at radius 1 is 1.00 bits per heavy atom. The number of hydrogen-bond acceptors (Lipinski definition) is 3. The van der Waals surface area contributed by atoms with E-state index in [-0.39, 0.29) is 11.1 Å². The molecule has 4 unspecified atom stereocenters. The van der Waals surface area contributed by atoms with Crippen LogP contribution in [0.25, 0.3) is 0 Å². The molecule has 2 saturated carbocycles. The predicted octanol–water partition coefficient (Wildman–Crippen LogP) is 3.97. The van der Waals surface area contributed by atoms with Gasteiger partial charge in [0.25, 0.3) is 0 Å². The van der Waals surface area contributed by atoms with Gasteiger partial charge in [-0.3, -0.25) is 4.90 Å². The van der Waals surface area contributed by atoms with Crippen LogP contribution in [-0.4, -0.2) is 86.5 Å². The van der Waals surface area contributed by atoms with Gasteiger partial charge in [-0.1, -0.05) is 19.9 Å². The SMILES string of the molecule is CN(C)C1CCC(/C=C/C23OCCN2C2CCC([N+](C)(C)C)CC2C3(C)C)CC1. The van der Waals surface area contributed by atoms with Crippen molar-refractivity contribution in [3.63, 3.8) is 0 Å². The van der Waals surface area contributed by atoms with Gasteiger partial charge in [-0.15, -0.1) is 0 Å². The second-order valence-electron chi connectivity index (χ2n) is 12.1. The zero-order valence-electron chi connectivity index (χ0n) is 20.2. The van der Waals surface area contributed by atoms with E-state index < -0.39 is 0 Å². The van der Waals surface area contributed by atoms with Crippen molar-refractivity contribution in [2.75, 3.05) is 48.4 Å². The minimum atomic E-state index is -0.180. The van der Waals surface area contributed by atoms with Crippen molar-refractivity contribution < 1.29 is 9.22 Å². The first-order valence-corrected chi connectivity index (χ1v) is 12.1. The molecule has 0 amide bonds. The molecule has 0 aromatic heterocycles. The van der Waals surface area contributed by atoms with Crippen LogP contribution in [0.3, 0.4) is 0 Å². The van der Waals surface area contributed by atoms with Crippen LogP contribution < -0.4 is 0 Å². The molecule has 29 heavy (non-hydrogen) atoms. The van der Waals surface area contributed by atoms with E-state index in [4.69, 9.17) is 4.74 Å². The number of fused-ring (bicyclic) bond motifs is 3. The van der Waals surface area contributed by atoms with Gasteiger partial charge < -0.3 is 14.1 Å². The maximum atomic E-state index is 6.67. The Balaban J connectivity index is 1.53. The van der Waals surface area contributed by atoms with Crippen LogP contribution in [0.1, 0.15) is 58.8 Å².